The van der Waals surface area contributed by atoms with E-state index in [1.165, 1.54) is 18.5 Å². The zero-order valence-electron chi connectivity index (χ0n) is 18.2. The Bertz CT molecular complexity index is 1040. The van der Waals surface area contributed by atoms with Crippen molar-refractivity contribution in [2.45, 2.75) is 44.4 Å². The molecule has 0 aliphatic carbocycles. The Balaban J connectivity index is 0.00000432. The Morgan fingerprint density at radius 3 is 2.29 bits per heavy atom. The first-order chi connectivity index (χ1) is 16.0. The lowest BCUT2D eigenvalue weighted by Gasteiger charge is -2.39. The molecular weight excluding hydrogens is 467 g/mol. The van der Waals surface area contributed by atoms with Gasteiger partial charge in [-0.1, -0.05) is 19.6 Å². The molecule has 0 spiro atoms. The molecule has 1 saturated heterocycles. The molecule has 2 aromatic rings. The number of carbonyl (C=O) groups is 2. The molecule has 13 heteroatoms. The molecule has 2 amide bonds. The molecule has 3 rings (SSSR count). The number of hydrogen-bond acceptors (Lipinski definition) is 8. The van der Waals surface area contributed by atoms with Crippen LogP contribution in [0.4, 0.5) is 24.8 Å². The quantitative estimate of drug-likeness (QED) is 0.381. The first-order valence-electron chi connectivity index (χ1n) is 10.5. The van der Waals surface area contributed by atoms with Crippen LogP contribution in [0.15, 0.2) is 30.6 Å². The number of rotatable bonds is 7. The molecule has 10 nitrogen and oxygen atoms in total. The minimum atomic E-state index is -4.48. The summed E-state index contributed by atoms with van der Waals surface area (Å²) < 4.78 is 38.5. The summed E-state index contributed by atoms with van der Waals surface area (Å²) in [5.41, 5.74) is 15.8. The number of aliphatic hydroxyl groups is 1. The van der Waals surface area contributed by atoms with Gasteiger partial charge in [0, 0.05) is 19.7 Å². The number of benzene rings is 1. The van der Waals surface area contributed by atoms with Gasteiger partial charge in [0.2, 0.25) is 5.91 Å². The lowest BCUT2D eigenvalue weighted by molar-refractivity contribution is -0.137. The summed E-state index contributed by atoms with van der Waals surface area (Å²) in [6.45, 7) is 0.250. The van der Waals surface area contributed by atoms with Gasteiger partial charge in [-0.2, -0.15) is 13.2 Å². The van der Waals surface area contributed by atoms with Crippen LogP contribution in [0.2, 0.25) is 0 Å². The van der Waals surface area contributed by atoms with E-state index in [4.69, 9.17) is 17.2 Å². The topological polar surface area (TPSA) is 173 Å². The summed E-state index contributed by atoms with van der Waals surface area (Å²) in [6.07, 6.45) is -2.79. The highest BCUT2D eigenvalue weighted by Gasteiger charge is 2.40. The first-order valence-corrected chi connectivity index (χ1v) is 10.5. The van der Waals surface area contributed by atoms with Crippen LogP contribution in [0.1, 0.15) is 54.2 Å². The van der Waals surface area contributed by atoms with E-state index in [1.54, 1.807) is 4.90 Å². The maximum atomic E-state index is 13.0. The van der Waals surface area contributed by atoms with Crippen LogP contribution < -0.4 is 27.4 Å². The molecule has 1 fully saturated rings. The lowest BCUT2D eigenvalue weighted by atomic mass is 9.86. The SMILES string of the molecule is C.NC(=O)c1c(N)ncnc1N1CCC(N)(C(=O)N[C@@H](CCO)c2ccc(C(F)(F)F)cc2)CC1. The summed E-state index contributed by atoms with van der Waals surface area (Å²) in [6, 6.07) is 3.65. The Morgan fingerprint density at radius 2 is 1.77 bits per heavy atom. The van der Waals surface area contributed by atoms with E-state index in [2.05, 4.69) is 15.3 Å². The molecule has 2 heterocycles. The van der Waals surface area contributed by atoms with Crippen molar-refractivity contribution in [1.29, 1.82) is 0 Å². The molecule has 8 N–H and O–H groups in total. The highest BCUT2D eigenvalue weighted by atomic mass is 19.4. The second kappa shape index (κ2) is 10.9. The fourth-order valence-corrected chi connectivity index (χ4v) is 3.87. The van der Waals surface area contributed by atoms with Gasteiger partial charge < -0.3 is 32.5 Å². The van der Waals surface area contributed by atoms with Crippen molar-refractivity contribution in [3.8, 4) is 0 Å². The predicted molar refractivity (Wildman–Crippen MR) is 124 cm³/mol. The summed E-state index contributed by atoms with van der Waals surface area (Å²) >= 11 is 0. The number of aliphatic hydroxyl groups excluding tert-OH is 1. The van der Waals surface area contributed by atoms with Gasteiger partial charge >= 0.3 is 6.18 Å². The molecule has 0 unspecified atom stereocenters. The zero-order valence-corrected chi connectivity index (χ0v) is 18.2. The molecule has 1 aliphatic heterocycles. The molecule has 35 heavy (non-hydrogen) atoms. The van der Waals surface area contributed by atoms with Crippen molar-refractivity contribution in [2.24, 2.45) is 11.5 Å². The van der Waals surface area contributed by atoms with Crippen LogP contribution in [0.3, 0.4) is 0 Å². The van der Waals surface area contributed by atoms with Crippen LogP contribution in [0.25, 0.3) is 0 Å². The number of nitrogens with zero attached hydrogens (tertiary/aromatic N) is 3. The number of nitrogen functional groups attached to an aromatic ring is 1. The number of amides is 2. The number of piperidine rings is 1. The van der Waals surface area contributed by atoms with E-state index >= 15 is 0 Å². The second-order valence-electron chi connectivity index (χ2n) is 8.12. The lowest BCUT2D eigenvalue weighted by Crippen LogP contribution is -2.60. The third-order valence-corrected chi connectivity index (χ3v) is 5.87. The average molecular weight is 498 g/mol. The molecule has 0 radical (unpaired) electrons. The van der Waals surface area contributed by atoms with E-state index in [1.807, 2.05) is 0 Å². The molecule has 1 atom stereocenters. The van der Waals surface area contributed by atoms with Crippen molar-refractivity contribution < 1.29 is 27.9 Å². The number of anilines is 2. The molecule has 0 saturated carbocycles. The Morgan fingerprint density at radius 1 is 1.17 bits per heavy atom. The minimum absolute atomic E-state index is 0. The van der Waals surface area contributed by atoms with Crippen molar-refractivity contribution in [2.75, 3.05) is 30.3 Å². The van der Waals surface area contributed by atoms with Crippen molar-refractivity contribution in [1.82, 2.24) is 15.3 Å². The van der Waals surface area contributed by atoms with Crippen LogP contribution in [0.5, 0.6) is 0 Å². The van der Waals surface area contributed by atoms with Gasteiger partial charge in [-0.05, 0) is 37.0 Å². The average Bonchev–Trinajstić information content (AvgIpc) is 2.78. The number of nitrogens with one attached hydrogen (secondary N) is 1. The number of aromatic nitrogens is 2. The summed E-state index contributed by atoms with van der Waals surface area (Å²) in [5.74, 6) is -1.07. The minimum Gasteiger partial charge on any atom is -0.396 e. The van der Waals surface area contributed by atoms with Gasteiger partial charge in [0.05, 0.1) is 17.1 Å². The third kappa shape index (κ3) is 6.17. The zero-order chi connectivity index (χ0) is 25.1. The normalized spacial score (nSPS) is 16.2. The number of primary amides is 1. The maximum Gasteiger partial charge on any atom is 0.416 e. The second-order valence-corrected chi connectivity index (χ2v) is 8.12. The molecule has 1 aliphatic rings. The monoisotopic (exact) mass is 497 g/mol. The Labute approximate surface area is 200 Å². The highest BCUT2D eigenvalue weighted by Crippen LogP contribution is 2.31. The van der Waals surface area contributed by atoms with Gasteiger partial charge in [-0.3, -0.25) is 9.59 Å². The van der Waals surface area contributed by atoms with Crippen LogP contribution >= 0.6 is 0 Å². The van der Waals surface area contributed by atoms with Crippen LogP contribution in [-0.4, -0.2) is 52.1 Å². The summed E-state index contributed by atoms with van der Waals surface area (Å²) in [5, 5.41) is 12.1. The standard InChI is InChI=1S/C21H26F3N7O3.CH4/c22-21(23,24)13-3-1-12(2-4-13)14(5-10-32)30-19(34)20(27)6-8-31(9-7-20)18-15(17(26)33)16(25)28-11-29-18;/h1-4,11,14,32H,5-10,27H2,(H2,26,33)(H,30,34)(H2,25,28,29);1H4/t14-;/m0./s1. The van der Waals surface area contributed by atoms with E-state index in [9.17, 15) is 27.9 Å². The molecule has 0 bridgehead atoms. The van der Waals surface area contributed by atoms with Gasteiger partial charge in [-0.25, -0.2) is 9.97 Å². The Hall–Kier alpha value is -3.45. The fourth-order valence-electron chi connectivity index (χ4n) is 3.87. The van der Waals surface area contributed by atoms with Crippen LogP contribution in [-0.2, 0) is 11.0 Å². The van der Waals surface area contributed by atoms with E-state index in [0.29, 0.717) is 5.56 Å². The largest absolute Gasteiger partial charge is 0.416 e. The van der Waals surface area contributed by atoms with Gasteiger partial charge in [-0.15, -0.1) is 0 Å². The summed E-state index contributed by atoms with van der Waals surface area (Å²) in [4.78, 5) is 34.4. The molecule has 1 aromatic heterocycles. The van der Waals surface area contributed by atoms with Crippen molar-refractivity contribution in [3.63, 3.8) is 0 Å². The van der Waals surface area contributed by atoms with Gasteiger partial charge in [0.15, 0.2) is 0 Å². The molecule has 1 aromatic carbocycles. The predicted octanol–water partition coefficient (Wildman–Crippen LogP) is 1.35. The Kier molecular flexibility index (Phi) is 8.63. The molecule has 192 valence electrons. The van der Waals surface area contributed by atoms with Crippen LogP contribution in [0, 0.1) is 0 Å². The van der Waals surface area contributed by atoms with Crippen molar-refractivity contribution >= 4 is 23.5 Å². The summed E-state index contributed by atoms with van der Waals surface area (Å²) in [7, 11) is 0. The highest BCUT2D eigenvalue weighted by molar-refractivity contribution is 6.02. The van der Waals surface area contributed by atoms with Gasteiger partial charge in [0.1, 0.15) is 23.5 Å². The molecular formula is C22H30F3N7O3. The first kappa shape index (κ1) is 27.8. The van der Waals surface area contributed by atoms with E-state index < -0.39 is 35.1 Å². The smallest absolute Gasteiger partial charge is 0.396 e. The van der Waals surface area contributed by atoms with Gasteiger partial charge in [0.25, 0.3) is 5.91 Å². The van der Waals surface area contributed by atoms with Crippen molar-refractivity contribution in [3.05, 3.63) is 47.3 Å². The fraction of sp³-hybridized carbons (Fsp3) is 0.455. The van der Waals surface area contributed by atoms with E-state index in [-0.39, 0.29) is 63.6 Å². The number of nitrogens with two attached hydrogens (primary N) is 3. The number of hydrogen-bond donors (Lipinski definition) is 5. The number of carbonyl (C=O) groups excluding carboxylic acids is 2. The van der Waals surface area contributed by atoms with E-state index in [0.717, 1.165) is 12.1 Å². The number of alkyl halides is 3. The number of halogens is 3. The third-order valence-electron chi connectivity index (χ3n) is 5.87. The maximum absolute atomic E-state index is 13.0.